The number of carbonyl (C=O) groups is 4. The average Bonchev–Trinajstić information content (AvgIpc) is 3.13. The highest BCUT2D eigenvalue weighted by molar-refractivity contribution is 7.98. The molecule has 5 rings (SSSR count). The topological polar surface area (TPSA) is 112 Å². The molecule has 0 spiro atoms. The predicted octanol–water partition coefficient (Wildman–Crippen LogP) is 8.65. The maximum atomic E-state index is 13.2. The smallest absolute Gasteiger partial charge is 0.417 e. The molecule has 12 heteroatoms. The molecule has 1 fully saturated rings. The Kier molecular flexibility index (Phi) is 14.4. The number of rotatable bonds is 16. The number of hydrogen-bond acceptors (Lipinski definition) is 10. The van der Waals surface area contributed by atoms with Gasteiger partial charge < -0.3 is 28.7 Å². The monoisotopic (exact) mass is 742 g/mol. The van der Waals surface area contributed by atoms with Crippen LogP contribution in [0.25, 0.3) is 0 Å². The summed E-state index contributed by atoms with van der Waals surface area (Å²) >= 11 is 3.12. The predicted molar refractivity (Wildman–Crippen MR) is 203 cm³/mol. The molecule has 10 nitrogen and oxygen atoms in total. The van der Waals surface area contributed by atoms with Crippen LogP contribution < -0.4 is 9.47 Å². The molecule has 0 radical (unpaired) electrons. The highest BCUT2D eigenvalue weighted by Gasteiger charge is 2.45. The summed E-state index contributed by atoms with van der Waals surface area (Å²) in [6, 6.07) is 33.5. The molecule has 2 unspecified atom stereocenters. The second-order valence-electron chi connectivity index (χ2n) is 12.1. The van der Waals surface area contributed by atoms with Gasteiger partial charge in [-0.1, -0.05) is 60.7 Å². The van der Waals surface area contributed by atoms with Gasteiger partial charge in [-0.25, -0.2) is 9.59 Å². The summed E-state index contributed by atoms with van der Waals surface area (Å²) < 4.78 is 22.3. The number of nitrogens with zero attached hydrogens (tertiary/aromatic N) is 2. The first-order valence-corrected chi connectivity index (χ1v) is 19.7. The first kappa shape index (κ1) is 38.3. The Labute approximate surface area is 312 Å². The van der Waals surface area contributed by atoms with Gasteiger partial charge in [0.05, 0.1) is 11.8 Å². The fourth-order valence-corrected chi connectivity index (χ4v) is 6.21. The lowest BCUT2D eigenvalue weighted by Gasteiger charge is -2.33. The molecule has 52 heavy (non-hydrogen) atoms. The molecule has 0 heterocycles. The number of thioether (sulfide) groups is 2. The van der Waals surface area contributed by atoms with Gasteiger partial charge in [0, 0.05) is 37.7 Å². The lowest BCUT2D eigenvalue weighted by molar-refractivity contribution is -0.161. The molecule has 2 amide bonds. The largest absolute Gasteiger partial charge is 0.457 e. The van der Waals surface area contributed by atoms with Crippen LogP contribution in [0.3, 0.4) is 0 Å². The Bertz CT molecular complexity index is 1630. The molecule has 1 aliphatic rings. The third kappa shape index (κ3) is 11.3. The van der Waals surface area contributed by atoms with Crippen molar-refractivity contribution in [2.75, 3.05) is 37.1 Å². The normalized spacial score (nSPS) is 14.7. The van der Waals surface area contributed by atoms with E-state index >= 15 is 0 Å². The van der Waals surface area contributed by atoms with Crippen molar-refractivity contribution < 1.29 is 38.1 Å². The van der Waals surface area contributed by atoms with E-state index in [-0.39, 0.29) is 13.1 Å². The number of ether oxygens (including phenoxy) is 4. The number of hydrogen-bond donors (Lipinski definition) is 0. The van der Waals surface area contributed by atoms with Crippen molar-refractivity contribution in [1.82, 2.24) is 9.80 Å². The van der Waals surface area contributed by atoms with E-state index in [1.807, 2.05) is 122 Å². The van der Waals surface area contributed by atoms with E-state index in [2.05, 4.69) is 0 Å². The first-order chi connectivity index (χ1) is 25.3. The van der Waals surface area contributed by atoms with Gasteiger partial charge in [0.1, 0.15) is 23.0 Å². The van der Waals surface area contributed by atoms with E-state index in [1.54, 1.807) is 23.5 Å². The molecule has 0 saturated heterocycles. The van der Waals surface area contributed by atoms with Gasteiger partial charge in [-0.15, -0.1) is 0 Å². The Morgan fingerprint density at radius 3 is 1.21 bits per heavy atom. The molecular formula is C40H42N2O8S2. The summed E-state index contributed by atoms with van der Waals surface area (Å²) in [5.74, 6) is 0.648. The number of para-hydroxylation sites is 2. The van der Waals surface area contributed by atoms with Crippen molar-refractivity contribution in [2.24, 2.45) is 11.8 Å². The summed E-state index contributed by atoms with van der Waals surface area (Å²) in [6.07, 6.45) is 2.97. The second kappa shape index (κ2) is 19.6. The molecule has 4 aromatic carbocycles. The maximum Gasteiger partial charge on any atom is 0.417 e. The van der Waals surface area contributed by atoms with Crippen LogP contribution in [0.15, 0.2) is 109 Å². The fourth-order valence-electron chi connectivity index (χ4n) is 5.41. The van der Waals surface area contributed by atoms with Gasteiger partial charge in [-0.05, 0) is 85.0 Å². The van der Waals surface area contributed by atoms with Crippen LogP contribution in [-0.4, -0.2) is 71.0 Å². The van der Waals surface area contributed by atoms with Gasteiger partial charge in [-0.2, -0.15) is 23.5 Å². The van der Waals surface area contributed by atoms with Crippen LogP contribution >= 0.6 is 23.5 Å². The van der Waals surface area contributed by atoms with Crippen LogP contribution in [0.2, 0.25) is 0 Å². The quantitative estimate of drug-likeness (QED) is 0.0817. The van der Waals surface area contributed by atoms with E-state index < -0.39 is 36.0 Å². The van der Waals surface area contributed by atoms with Crippen molar-refractivity contribution in [2.45, 2.75) is 25.9 Å². The average molecular weight is 743 g/mol. The van der Waals surface area contributed by atoms with E-state index in [0.29, 0.717) is 60.4 Å². The zero-order valence-electron chi connectivity index (χ0n) is 29.2. The summed E-state index contributed by atoms with van der Waals surface area (Å²) in [6.45, 7) is 1.15. The lowest BCUT2D eigenvalue weighted by atomic mass is 9.74. The molecule has 0 bridgehead atoms. The number of benzene rings is 4. The zero-order chi connectivity index (χ0) is 36.7. The summed E-state index contributed by atoms with van der Waals surface area (Å²) in [7, 11) is 0. The molecule has 0 aliphatic heterocycles. The molecule has 1 aliphatic carbocycles. The molecule has 272 valence electrons. The first-order valence-electron chi connectivity index (χ1n) is 17.0. The van der Waals surface area contributed by atoms with E-state index in [4.69, 9.17) is 18.9 Å². The maximum absolute atomic E-state index is 13.2. The molecule has 1 saturated carbocycles. The van der Waals surface area contributed by atoms with Crippen molar-refractivity contribution in [3.8, 4) is 23.0 Å². The van der Waals surface area contributed by atoms with Crippen LogP contribution in [0, 0.1) is 11.8 Å². The number of amides is 2. The minimum atomic E-state index is -0.877. The van der Waals surface area contributed by atoms with Crippen LogP contribution in [0.4, 0.5) is 9.59 Å². The summed E-state index contributed by atoms with van der Waals surface area (Å²) in [4.78, 5) is 55.6. The summed E-state index contributed by atoms with van der Waals surface area (Å²) in [5, 5.41) is 0. The summed E-state index contributed by atoms with van der Waals surface area (Å²) in [5.41, 5.74) is 1.66. The Hall–Kier alpha value is -4.94. The minimum Gasteiger partial charge on any atom is -0.457 e. The van der Waals surface area contributed by atoms with Crippen molar-refractivity contribution in [1.29, 1.82) is 0 Å². The van der Waals surface area contributed by atoms with Gasteiger partial charge in [0.2, 0.25) is 0 Å². The minimum absolute atomic E-state index is 0.220. The van der Waals surface area contributed by atoms with Crippen LogP contribution in [0.5, 0.6) is 23.0 Å². The Morgan fingerprint density at radius 1 is 0.538 bits per heavy atom. The molecule has 4 aromatic rings. The Morgan fingerprint density at radius 2 is 0.885 bits per heavy atom. The van der Waals surface area contributed by atoms with Crippen molar-refractivity contribution in [3.05, 3.63) is 120 Å². The molecule has 0 N–H and O–H groups in total. The molecule has 0 aromatic heterocycles. The van der Waals surface area contributed by atoms with Crippen molar-refractivity contribution in [3.63, 3.8) is 0 Å². The standard InChI is InChI=1S/C40H42N2O8S2/c1-51-25-23-41(27-29-13-17-33(18-14-29)47-31-9-5-3-6-10-31)39(45)49-37(43)35-21-22-36(35)38(44)50-40(46)42(24-26-52-2)28-30-15-19-34(20-16-30)48-32-11-7-4-8-12-32/h3-20,35-36H,21-28H2,1-2H3. The fraction of sp³-hybridized carbons (Fsp3) is 0.300. The van der Waals surface area contributed by atoms with Gasteiger partial charge in [-0.3, -0.25) is 9.59 Å². The van der Waals surface area contributed by atoms with Crippen LogP contribution in [0.1, 0.15) is 24.0 Å². The molecule has 2 atom stereocenters. The third-order valence-corrected chi connectivity index (χ3v) is 9.64. The van der Waals surface area contributed by atoms with Crippen molar-refractivity contribution >= 4 is 47.6 Å². The lowest BCUT2D eigenvalue weighted by Crippen LogP contribution is -2.44. The van der Waals surface area contributed by atoms with Gasteiger partial charge in [0.25, 0.3) is 0 Å². The Balaban J connectivity index is 1.13. The van der Waals surface area contributed by atoms with Crippen LogP contribution in [-0.2, 0) is 32.2 Å². The number of esters is 2. The SMILES string of the molecule is CSCCN(Cc1ccc(Oc2ccccc2)cc1)C(=O)OC(=O)C1CCC1C(=O)OC(=O)N(CCSC)Cc1ccc(Oc2ccccc2)cc1. The van der Waals surface area contributed by atoms with Gasteiger partial charge >= 0.3 is 24.1 Å². The second-order valence-corrected chi connectivity index (χ2v) is 14.1. The zero-order valence-corrected chi connectivity index (χ0v) is 30.8. The van der Waals surface area contributed by atoms with Gasteiger partial charge in [0.15, 0.2) is 0 Å². The van der Waals surface area contributed by atoms with E-state index in [1.165, 1.54) is 9.80 Å². The number of carbonyl (C=O) groups excluding carboxylic acids is 4. The van der Waals surface area contributed by atoms with E-state index in [0.717, 1.165) is 11.1 Å². The highest BCUT2D eigenvalue weighted by atomic mass is 32.2. The molecular weight excluding hydrogens is 701 g/mol. The third-order valence-electron chi connectivity index (χ3n) is 8.45. The van der Waals surface area contributed by atoms with E-state index in [9.17, 15) is 19.2 Å². The highest BCUT2D eigenvalue weighted by Crippen LogP contribution is 2.37.